The van der Waals surface area contributed by atoms with E-state index in [4.69, 9.17) is 0 Å². The molecule has 4 nitrogen and oxygen atoms in total. The van der Waals surface area contributed by atoms with Crippen molar-refractivity contribution in [2.24, 2.45) is 0 Å². The number of carbonyl (C=O) groups is 1. The number of benzene rings is 1. The predicted octanol–water partition coefficient (Wildman–Crippen LogP) is 2.91. The van der Waals surface area contributed by atoms with E-state index >= 15 is 0 Å². The van der Waals surface area contributed by atoms with E-state index in [2.05, 4.69) is 15.3 Å². The Kier molecular flexibility index (Phi) is 4.37. The van der Waals surface area contributed by atoms with Gasteiger partial charge in [0, 0.05) is 41.5 Å². The van der Waals surface area contributed by atoms with Crippen molar-refractivity contribution < 1.29 is 9.18 Å². The van der Waals surface area contributed by atoms with Crippen molar-refractivity contribution in [1.82, 2.24) is 15.3 Å². The van der Waals surface area contributed by atoms with Crippen LogP contribution < -0.4 is 5.32 Å². The number of hydrogen-bond donors (Lipinski definition) is 2. The largest absolute Gasteiger partial charge is 0.358 e. The van der Waals surface area contributed by atoms with E-state index in [1.165, 1.54) is 12.1 Å². The van der Waals surface area contributed by atoms with Gasteiger partial charge in [-0.1, -0.05) is 6.07 Å². The van der Waals surface area contributed by atoms with Crippen LogP contribution in [0.2, 0.25) is 0 Å². The number of nitrogens with zero attached hydrogens (tertiary/aromatic N) is 1. The highest BCUT2D eigenvalue weighted by atomic mass is 19.1. The third-order valence-corrected chi connectivity index (χ3v) is 3.85. The summed E-state index contributed by atoms with van der Waals surface area (Å²) in [6, 6.07) is 10.3. The molecule has 0 aliphatic carbocycles. The Balaban J connectivity index is 1.64. The second kappa shape index (κ2) is 6.60. The molecule has 1 amide bonds. The van der Waals surface area contributed by atoms with E-state index in [9.17, 15) is 9.18 Å². The molecule has 5 heteroatoms. The van der Waals surface area contributed by atoms with Crippen LogP contribution in [0.4, 0.5) is 4.39 Å². The van der Waals surface area contributed by atoms with Crippen molar-refractivity contribution in [3.05, 3.63) is 65.4 Å². The minimum Gasteiger partial charge on any atom is -0.358 e. The fourth-order valence-corrected chi connectivity index (χ4v) is 2.68. The van der Waals surface area contributed by atoms with Crippen molar-refractivity contribution in [3.8, 4) is 0 Å². The molecule has 23 heavy (non-hydrogen) atoms. The molecule has 3 aromatic rings. The van der Waals surface area contributed by atoms with Gasteiger partial charge in [-0.05, 0) is 42.8 Å². The number of amides is 1. The summed E-state index contributed by atoms with van der Waals surface area (Å²) in [7, 11) is 0. The number of halogens is 1. The predicted molar refractivity (Wildman–Crippen MR) is 87.6 cm³/mol. The molecule has 118 valence electrons. The Labute approximate surface area is 133 Å². The number of carbonyl (C=O) groups excluding carboxylic acids is 1. The molecule has 2 aromatic heterocycles. The lowest BCUT2D eigenvalue weighted by molar-refractivity contribution is -0.120. The molecule has 2 N–H and O–H groups in total. The highest BCUT2D eigenvalue weighted by Gasteiger charge is 2.13. The fraction of sp³-hybridized carbons (Fsp3) is 0.222. The van der Waals surface area contributed by atoms with Gasteiger partial charge < -0.3 is 10.3 Å². The SMILES string of the molecule is Cc1[nH]c2ccc(F)cc2c1CC(=O)NCCc1ccccn1. The lowest BCUT2D eigenvalue weighted by Gasteiger charge is -2.05. The molecule has 0 radical (unpaired) electrons. The first-order valence-electron chi connectivity index (χ1n) is 7.57. The highest BCUT2D eigenvalue weighted by Crippen LogP contribution is 2.23. The third kappa shape index (κ3) is 3.56. The van der Waals surface area contributed by atoms with Crippen molar-refractivity contribution in [2.45, 2.75) is 19.8 Å². The van der Waals surface area contributed by atoms with Crippen LogP contribution in [0.3, 0.4) is 0 Å². The molecule has 0 spiro atoms. The van der Waals surface area contributed by atoms with E-state index in [-0.39, 0.29) is 18.1 Å². The molecule has 0 fully saturated rings. The van der Waals surface area contributed by atoms with Crippen molar-refractivity contribution in [1.29, 1.82) is 0 Å². The summed E-state index contributed by atoms with van der Waals surface area (Å²) in [6.07, 6.45) is 2.66. The molecule has 0 saturated heterocycles. The van der Waals surface area contributed by atoms with Gasteiger partial charge in [0.05, 0.1) is 6.42 Å². The number of hydrogen-bond acceptors (Lipinski definition) is 2. The quantitative estimate of drug-likeness (QED) is 0.761. The van der Waals surface area contributed by atoms with E-state index in [1.54, 1.807) is 12.3 Å². The number of pyridine rings is 1. The van der Waals surface area contributed by atoms with E-state index in [0.29, 0.717) is 13.0 Å². The summed E-state index contributed by atoms with van der Waals surface area (Å²) in [6.45, 7) is 2.43. The number of aromatic amines is 1. The van der Waals surface area contributed by atoms with Crippen molar-refractivity contribution in [3.63, 3.8) is 0 Å². The monoisotopic (exact) mass is 311 g/mol. The standard InChI is InChI=1S/C18H18FN3O/c1-12-15(16-10-13(19)5-6-17(16)22-12)11-18(23)21-9-7-14-4-2-3-8-20-14/h2-6,8,10,22H,7,9,11H2,1H3,(H,21,23). The lowest BCUT2D eigenvalue weighted by Crippen LogP contribution is -2.27. The minimum absolute atomic E-state index is 0.0748. The molecule has 0 aliphatic heterocycles. The van der Waals surface area contributed by atoms with Gasteiger partial charge in [0.1, 0.15) is 5.82 Å². The summed E-state index contributed by atoms with van der Waals surface area (Å²) < 4.78 is 13.4. The van der Waals surface area contributed by atoms with Gasteiger partial charge in [0.25, 0.3) is 0 Å². The van der Waals surface area contributed by atoms with E-state index in [1.807, 2.05) is 25.1 Å². The summed E-state index contributed by atoms with van der Waals surface area (Å²) in [4.78, 5) is 19.5. The average molecular weight is 311 g/mol. The first-order valence-corrected chi connectivity index (χ1v) is 7.57. The number of H-pyrrole nitrogens is 1. The first kappa shape index (κ1) is 15.2. The average Bonchev–Trinajstić information content (AvgIpc) is 2.84. The Morgan fingerprint density at radius 1 is 1.30 bits per heavy atom. The first-order chi connectivity index (χ1) is 11.1. The smallest absolute Gasteiger partial charge is 0.224 e. The molecule has 2 heterocycles. The third-order valence-electron chi connectivity index (χ3n) is 3.85. The van der Waals surface area contributed by atoms with Crippen LogP contribution in [-0.4, -0.2) is 22.4 Å². The number of rotatable bonds is 5. The second-order valence-corrected chi connectivity index (χ2v) is 5.52. The van der Waals surface area contributed by atoms with Gasteiger partial charge >= 0.3 is 0 Å². The summed E-state index contributed by atoms with van der Waals surface area (Å²) in [5.41, 5.74) is 3.53. The zero-order chi connectivity index (χ0) is 16.2. The van der Waals surface area contributed by atoms with Crippen LogP contribution in [0.5, 0.6) is 0 Å². The van der Waals surface area contributed by atoms with Crippen LogP contribution in [0.15, 0.2) is 42.6 Å². The van der Waals surface area contributed by atoms with Crippen LogP contribution in [-0.2, 0) is 17.6 Å². The van der Waals surface area contributed by atoms with Crippen LogP contribution in [0.25, 0.3) is 10.9 Å². The van der Waals surface area contributed by atoms with Crippen LogP contribution in [0.1, 0.15) is 17.0 Å². The molecule has 0 unspecified atom stereocenters. The molecule has 1 aromatic carbocycles. The topological polar surface area (TPSA) is 57.8 Å². The number of aryl methyl sites for hydroxylation is 1. The summed E-state index contributed by atoms with van der Waals surface area (Å²) in [5.74, 6) is -0.373. The lowest BCUT2D eigenvalue weighted by atomic mass is 10.1. The summed E-state index contributed by atoms with van der Waals surface area (Å²) in [5, 5.41) is 3.66. The van der Waals surface area contributed by atoms with Gasteiger partial charge in [-0.3, -0.25) is 9.78 Å². The van der Waals surface area contributed by atoms with Crippen molar-refractivity contribution in [2.75, 3.05) is 6.54 Å². The second-order valence-electron chi connectivity index (χ2n) is 5.52. The zero-order valence-electron chi connectivity index (χ0n) is 12.9. The molecule has 0 aliphatic rings. The molecular formula is C18H18FN3O. The fourth-order valence-electron chi connectivity index (χ4n) is 2.68. The zero-order valence-corrected chi connectivity index (χ0v) is 12.9. The number of nitrogens with one attached hydrogen (secondary N) is 2. The Morgan fingerprint density at radius 3 is 2.96 bits per heavy atom. The molecule has 3 rings (SSSR count). The Hall–Kier alpha value is -2.69. The maximum atomic E-state index is 13.4. The van der Waals surface area contributed by atoms with E-state index in [0.717, 1.165) is 27.9 Å². The number of fused-ring (bicyclic) bond motifs is 1. The van der Waals surface area contributed by atoms with Gasteiger partial charge in [-0.25, -0.2) is 4.39 Å². The Bertz CT molecular complexity index is 827. The Morgan fingerprint density at radius 2 is 2.17 bits per heavy atom. The highest BCUT2D eigenvalue weighted by molar-refractivity contribution is 5.90. The molecular weight excluding hydrogens is 293 g/mol. The normalized spacial score (nSPS) is 10.9. The minimum atomic E-state index is -0.298. The van der Waals surface area contributed by atoms with Crippen LogP contribution >= 0.6 is 0 Å². The van der Waals surface area contributed by atoms with Crippen LogP contribution in [0, 0.1) is 12.7 Å². The van der Waals surface area contributed by atoms with E-state index < -0.39 is 0 Å². The maximum absolute atomic E-state index is 13.4. The molecule has 0 bridgehead atoms. The van der Waals surface area contributed by atoms with Gasteiger partial charge in [-0.15, -0.1) is 0 Å². The summed E-state index contributed by atoms with van der Waals surface area (Å²) >= 11 is 0. The van der Waals surface area contributed by atoms with Gasteiger partial charge in [-0.2, -0.15) is 0 Å². The van der Waals surface area contributed by atoms with Gasteiger partial charge in [0.15, 0.2) is 0 Å². The van der Waals surface area contributed by atoms with Gasteiger partial charge in [0.2, 0.25) is 5.91 Å². The van der Waals surface area contributed by atoms with Crippen molar-refractivity contribution >= 4 is 16.8 Å². The maximum Gasteiger partial charge on any atom is 0.224 e. The number of aromatic nitrogens is 2. The molecule has 0 saturated carbocycles. The molecule has 0 atom stereocenters.